The fourth-order valence-electron chi connectivity index (χ4n) is 2.62. The van der Waals surface area contributed by atoms with Gasteiger partial charge in [0, 0.05) is 0 Å². The van der Waals surface area contributed by atoms with Crippen molar-refractivity contribution in [1.29, 1.82) is 0 Å². The zero-order chi connectivity index (χ0) is 17.4. The summed E-state index contributed by atoms with van der Waals surface area (Å²) in [7, 11) is 0. The van der Waals surface area contributed by atoms with E-state index in [4.69, 9.17) is 21.7 Å². The Labute approximate surface area is 153 Å². The predicted octanol–water partition coefficient (Wildman–Crippen LogP) is 3.52. The molecule has 0 radical (unpaired) electrons. The van der Waals surface area contributed by atoms with E-state index in [2.05, 4.69) is 0 Å². The normalized spacial score (nSPS) is 17.6. The molecule has 0 bridgehead atoms. The Morgan fingerprint density at radius 3 is 2.88 bits per heavy atom. The zero-order valence-corrected chi connectivity index (χ0v) is 14.6. The van der Waals surface area contributed by atoms with Gasteiger partial charge in [-0.25, -0.2) is 0 Å². The van der Waals surface area contributed by atoms with Gasteiger partial charge in [0.05, 0.1) is 11.4 Å². The maximum Gasteiger partial charge on any atom is 0.266 e. The van der Waals surface area contributed by atoms with Crippen molar-refractivity contribution in [3.05, 3.63) is 58.5 Å². The third-order valence-corrected chi connectivity index (χ3v) is 5.20. The molecule has 25 heavy (non-hydrogen) atoms. The Balaban J connectivity index is 1.55. The highest BCUT2D eigenvalue weighted by Gasteiger charge is 2.32. The maximum absolute atomic E-state index is 12.7. The van der Waals surface area contributed by atoms with Crippen molar-refractivity contribution >= 4 is 40.3 Å². The summed E-state index contributed by atoms with van der Waals surface area (Å²) in [5.74, 6) is 1.40. The van der Waals surface area contributed by atoms with Crippen LogP contribution in [0.25, 0.3) is 6.08 Å². The minimum atomic E-state index is -0.143. The molecule has 2 heterocycles. The van der Waals surface area contributed by atoms with Gasteiger partial charge in [0.2, 0.25) is 6.79 Å². The van der Waals surface area contributed by atoms with Crippen LogP contribution >= 0.6 is 24.0 Å². The topological polar surface area (TPSA) is 59.0 Å². The molecule has 0 aromatic heterocycles. The minimum absolute atomic E-state index is 0.143. The molecule has 0 spiro atoms. The summed E-state index contributed by atoms with van der Waals surface area (Å²) in [6, 6.07) is 12.3. The molecule has 1 saturated heterocycles. The summed E-state index contributed by atoms with van der Waals surface area (Å²) in [5, 5.41) is 9.55. The Hall–Kier alpha value is -2.51. The molecule has 2 aliphatic rings. The van der Waals surface area contributed by atoms with Crippen LogP contribution in [-0.4, -0.2) is 27.0 Å². The lowest BCUT2D eigenvalue weighted by atomic mass is 10.2. The number of thiocarbonyl (C=S) groups is 1. The number of aromatic hydroxyl groups is 1. The Morgan fingerprint density at radius 1 is 1.20 bits per heavy atom. The van der Waals surface area contributed by atoms with Crippen LogP contribution in [0.1, 0.15) is 11.1 Å². The highest BCUT2D eigenvalue weighted by molar-refractivity contribution is 8.26. The van der Waals surface area contributed by atoms with Crippen molar-refractivity contribution in [3.8, 4) is 17.2 Å². The zero-order valence-electron chi connectivity index (χ0n) is 13.0. The van der Waals surface area contributed by atoms with Crippen LogP contribution in [0.2, 0.25) is 0 Å². The van der Waals surface area contributed by atoms with E-state index in [1.165, 1.54) is 11.8 Å². The van der Waals surface area contributed by atoms with Crippen molar-refractivity contribution in [2.45, 2.75) is 6.54 Å². The van der Waals surface area contributed by atoms with Crippen LogP contribution in [0.15, 0.2) is 47.4 Å². The lowest BCUT2D eigenvalue weighted by Gasteiger charge is -2.14. The number of benzene rings is 2. The summed E-state index contributed by atoms with van der Waals surface area (Å²) in [6.07, 6.45) is 1.73. The van der Waals surface area contributed by atoms with Crippen LogP contribution in [0.5, 0.6) is 17.2 Å². The largest absolute Gasteiger partial charge is 0.508 e. The number of rotatable bonds is 3. The highest BCUT2D eigenvalue weighted by atomic mass is 32.2. The van der Waals surface area contributed by atoms with Crippen LogP contribution < -0.4 is 9.47 Å². The fourth-order valence-corrected chi connectivity index (χ4v) is 3.88. The number of hydrogen-bond acceptors (Lipinski definition) is 6. The maximum atomic E-state index is 12.7. The number of ether oxygens (including phenoxy) is 2. The first-order valence-electron chi connectivity index (χ1n) is 7.53. The number of thioether (sulfide) groups is 1. The van der Waals surface area contributed by atoms with E-state index >= 15 is 0 Å². The summed E-state index contributed by atoms with van der Waals surface area (Å²) in [6.45, 7) is 0.588. The Bertz CT molecular complexity index is 910. The molecule has 126 valence electrons. The fraction of sp³-hybridized carbons (Fsp3) is 0.111. The third-order valence-electron chi connectivity index (χ3n) is 3.82. The first kappa shape index (κ1) is 16.0. The monoisotopic (exact) mass is 371 g/mol. The van der Waals surface area contributed by atoms with Gasteiger partial charge in [-0.2, -0.15) is 0 Å². The van der Waals surface area contributed by atoms with Crippen LogP contribution in [0.3, 0.4) is 0 Å². The molecule has 2 aliphatic heterocycles. The molecular weight excluding hydrogens is 358 g/mol. The van der Waals surface area contributed by atoms with Gasteiger partial charge in [0.15, 0.2) is 11.5 Å². The van der Waals surface area contributed by atoms with Gasteiger partial charge in [-0.1, -0.05) is 42.2 Å². The first-order chi connectivity index (χ1) is 12.1. The van der Waals surface area contributed by atoms with Crippen LogP contribution in [0.4, 0.5) is 0 Å². The molecule has 5 nitrogen and oxygen atoms in total. The van der Waals surface area contributed by atoms with Gasteiger partial charge in [-0.15, -0.1) is 0 Å². The second-order valence-electron chi connectivity index (χ2n) is 5.55. The quantitative estimate of drug-likeness (QED) is 0.658. The summed E-state index contributed by atoms with van der Waals surface area (Å²) >= 11 is 6.62. The van der Waals surface area contributed by atoms with Gasteiger partial charge in [-0.05, 0) is 41.5 Å². The summed E-state index contributed by atoms with van der Waals surface area (Å²) < 4.78 is 11.2. The van der Waals surface area contributed by atoms with Gasteiger partial charge in [-0.3, -0.25) is 9.69 Å². The van der Waals surface area contributed by atoms with Gasteiger partial charge < -0.3 is 14.6 Å². The number of phenols is 1. The molecule has 7 heteroatoms. The van der Waals surface area contributed by atoms with Gasteiger partial charge in [0.1, 0.15) is 10.1 Å². The minimum Gasteiger partial charge on any atom is -0.508 e. The van der Waals surface area contributed by atoms with Crippen LogP contribution in [-0.2, 0) is 11.3 Å². The summed E-state index contributed by atoms with van der Waals surface area (Å²) in [4.78, 5) is 14.8. The number of carbonyl (C=O) groups excluding carboxylic acids is 1. The SMILES string of the molecule is O=C1/C(=C/c2cccc(O)c2)SC(=S)N1Cc1ccc2c(c1)OCO2. The number of amides is 1. The average Bonchev–Trinajstić information content (AvgIpc) is 3.15. The number of fused-ring (bicyclic) bond motifs is 1. The Kier molecular flexibility index (Phi) is 4.10. The molecule has 2 aromatic rings. The second-order valence-corrected chi connectivity index (χ2v) is 7.23. The average molecular weight is 371 g/mol. The first-order valence-corrected chi connectivity index (χ1v) is 8.75. The number of nitrogens with zero attached hydrogens (tertiary/aromatic N) is 1. The van der Waals surface area contributed by atoms with E-state index in [9.17, 15) is 9.90 Å². The molecule has 1 amide bonds. The van der Waals surface area contributed by atoms with Gasteiger partial charge in [0.25, 0.3) is 5.91 Å². The molecule has 1 fully saturated rings. The predicted molar refractivity (Wildman–Crippen MR) is 99.4 cm³/mol. The molecular formula is C18H13NO4S2. The van der Waals surface area contributed by atoms with Crippen molar-refractivity contribution in [2.24, 2.45) is 0 Å². The molecule has 0 aliphatic carbocycles. The van der Waals surface area contributed by atoms with Crippen molar-refractivity contribution in [3.63, 3.8) is 0 Å². The van der Waals surface area contributed by atoms with Crippen molar-refractivity contribution in [2.75, 3.05) is 6.79 Å². The van der Waals surface area contributed by atoms with Crippen molar-refractivity contribution in [1.82, 2.24) is 4.90 Å². The van der Waals surface area contributed by atoms with E-state index in [0.29, 0.717) is 27.3 Å². The van der Waals surface area contributed by atoms with Crippen molar-refractivity contribution < 1.29 is 19.4 Å². The van der Waals surface area contributed by atoms with E-state index in [1.807, 2.05) is 24.3 Å². The summed E-state index contributed by atoms with van der Waals surface area (Å²) in [5.41, 5.74) is 1.67. The number of phenolic OH excluding ortho intramolecular Hbond substituents is 1. The molecule has 1 N–H and O–H groups in total. The molecule has 0 saturated carbocycles. The Morgan fingerprint density at radius 2 is 2.04 bits per heavy atom. The molecule has 0 unspecified atom stereocenters. The lowest BCUT2D eigenvalue weighted by Crippen LogP contribution is -2.27. The molecule has 4 rings (SSSR count). The standard InChI is InChI=1S/C18H13NO4S2/c20-13-3-1-2-11(6-13)8-16-17(21)19(18(24)25-16)9-12-4-5-14-15(7-12)23-10-22-14/h1-8,20H,9-10H2/b16-8-. The molecule has 0 atom stereocenters. The second kappa shape index (κ2) is 6.42. The van der Waals surface area contributed by atoms with E-state index < -0.39 is 0 Å². The van der Waals surface area contributed by atoms with Gasteiger partial charge >= 0.3 is 0 Å². The lowest BCUT2D eigenvalue weighted by molar-refractivity contribution is -0.122. The van der Waals surface area contributed by atoms with E-state index in [-0.39, 0.29) is 18.4 Å². The van der Waals surface area contributed by atoms with E-state index in [0.717, 1.165) is 11.1 Å². The third kappa shape index (κ3) is 3.20. The number of hydrogen-bond donors (Lipinski definition) is 1. The highest BCUT2D eigenvalue weighted by Crippen LogP contribution is 2.36. The van der Waals surface area contributed by atoms with E-state index in [1.54, 1.807) is 29.2 Å². The smallest absolute Gasteiger partial charge is 0.266 e. The van der Waals surface area contributed by atoms with Crippen LogP contribution in [0, 0.1) is 0 Å². The number of carbonyl (C=O) groups is 1. The molecule has 2 aromatic carbocycles.